The van der Waals surface area contributed by atoms with Gasteiger partial charge in [-0.05, 0) is 60.7 Å². The van der Waals surface area contributed by atoms with E-state index in [1.807, 2.05) is 0 Å². The Labute approximate surface area is 208 Å². The lowest BCUT2D eigenvalue weighted by Crippen LogP contribution is -2.19. The van der Waals surface area contributed by atoms with Crippen LogP contribution < -0.4 is 16.0 Å². The summed E-state index contributed by atoms with van der Waals surface area (Å²) in [5, 5.41) is 7.96. The third-order valence-corrected chi connectivity index (χ3v) is 5.54. The van der Waals surface area contributed by atoms with Crippen LogP contribution in [0.3, 0.4) is 0 Å². The van der Waals surface area contributed by atoms with Crippen molar-refractivity contribution in [3.05, 3.63) is 83.0 Å². The highest BCUT2D eigenvalue weighted by Crippen LogP contribution is 2.36. The molecular weight excluding hydrogens is 499 g/mol. The molecule has 4 aromatic rings. The number of aromatic nitrogens is 2. The van der Waals surface area contributed by atoms with Crippen LogP contribution in [0, 0.1) is 0 Å². The van der Waals surface area contributed by atoms with Crippen LogP contribution >= 0.6 is 23.8 Å². The normalized spacial score (nSPS) is 11.2. The van der Waals surface area contributed by atoms with Gasteiger partial charge in [-0.15, -0.1) is 0 Å². The number of fused-ring (bicyclic) bond motifs is 1. The Bertz CT molecular complexity index is 1430. The second-order valence-corrected chi connectivity index (χ2v) is 8.17. The summed E-state index contributed by atoms with van der Waals surface area (Å²) < 4.78 is 39.2. The van der Waals surface area contributed by atoms with E-state index in [1.54, 1.807) is 55.7 Å². The molecule has 178 valence electrons. The van der Waals surface area contributed by atoms with Crippen LogP contribution in [0.4, 0.5) is 24.5 Å². The number of anilines is 2. The number of thiocarbonyl (C=S) groups is 1. The Hall–Kier alpha value is -3.76. The van der Waals surface area contributed by atoms with Gasteiger partial charge in [0.1, 0.15) is 5.52 Å². The van der Waals surface area contributed by atoms with E-state index in [-0.39, 0.29) is 16.7 Å². The number of carbonyl (C=O) groups excluding carboxylic acids is 1. The SMILES string of the molecule is CNC(=O)c1cc(-c2ccc(NC(=S)Nc3ccc(Cl)c(C(F)(F)F)c3)cc2)nc2cccnc12. The van der Waals surface area contributed by atoms with Crippen molar-refractivity contribution in [3.63, 3.8) is 0 Å². The number of benzene rings is 2. The average molecular weight is 516 g/mol. The number of halogens is 4. The first-order valence-corrected chi connectivity index (χ1v) is 11.0. The second-order valence-electron chi connectivity index (χ2n) is 7.35. The molecule has 0 aliphatic rings. The molecule has 6 nitrogen and oxygen atoms in total. The smallest absolute Gasteiger partial charge is 0.355 e. The van der Waals surface area contributed by atoms with Crippen LogP contribution in [0.15, 0.2) is 66.9 Å². The maximum atomic E-state index is 13.1. The molecule has 2 aromatic carbocycles. The molecule has 0 saturated carbocycles. The van der Waals surface area contributed by atoms with Crippen LogP contribution in [0.25, 0.3) is 22.3 Å². The summed E-state index contributed by atoms with van der Waals surface area (Å²) in [4.78, 5) is 21.2. The van der Waals surface area contributed by atoms with Gasteiger partial charge in [-0.25, -0.2) is 4.98 Å². The Kier molecular flexibility index (Phi) is 6.86. The van der Waals surface area contributed by atoms with Gasteiger partial charge in [-0.3, -0.25) is 9.78 Å². The Balaban J connectivity index is 1.53. The summed E-state index contributed by atoms with van der Waals surface area (Å²) in [6, 6.07) is 15.7. The van der Waals surface area contributed by atoms with Crippen LogP contribution in [-0.2, 0) is 6.18 Å². The first-order chi connectivity index (χ1) is 16.7. The van der Waals surface area contributed by atoms with Crippen LogP contribution in [0.5, 0.6) is 0 Å². The Morgan fingerprint density at radius 3 is 2.37 bits per heavy atom. The molecule has 0 saturated heterocycles. The third-order valence-electron chi connectivity index (χ3n) is 5.00. The average Bonchev–Trinajstić information content (AvgIpc) is 2.83. The molecule has 0 unspecified atom stereocenters. The maximum absolute atomic E-state index is 13.1. The predicted octanol–water partition coefficient (Wildman–Crippen LogP) is 6.14. The van der Waals surface area contributed by atoms with E-state index in [1.165, 1.54) is 6.07 Å². The summed E-state index contributed by atoms with van der Waals surface area (Å²) in [5.74, 6) is -0.275. The van der Waals surface area contributed by atoms with Crippen LogP contribution in [-0.4, -0.2) is 28.0 Å². The number of hydrogen-bond acceptors (Lipinski definition) is 4. The van der Waals surface area contributed by atoms with E-state index in [4.69, 9.17) is 23.8 Å². The lowest BCUT2D eigenvalue weighted by molar-refractivity contribution is -0.137. The fourth-order valence-corrected chi connectivity index (χ4v) is 3.82. The van der Waals surface area contributed by atoms with Crippen molar-refractivity contribution < 1.29 is 18.0 Å². The number of pyridine rings is 2. The van der Waals surface area contributed by atoms with E-state index >= 15 is 0 Å². The van der Waals surface area contributed by atoms with Crippen molar-refractivity contribution in [1.82, 2.24) is 15.3 Å². The summed E-state index contributed by atoms with van der Waals surface area (Å²) in [6.07, 6.45) is -2.98. The molecule has 2 aromatic heterocycles. The van der Waals surface area contributed by atoms with Crippen molar-refractivity contribution in [2.24, 2.45) is 0 Å². The van der Waals surface area contributed by atoms with Gasteiger partial charge in [-0.2, -0.15) is 13.2 Å². The molecule has 1 amide bonds. The number of nitrogens with zero attached hydrogens (tertiary/aromatic N) is 2. The van der Waals surface area contributed by atoms with Gasteiger partial charge in [0.15, 0.2) is 5.11 Å². The highest BCUT2D eigenvalue weighted by atomic mass is 35.5. The van der Waals surface area contributed by atoms with Gasteiger partial charge >= 0.3 is 6.18 Å². The highest BCUT2D eigenvalue weighted by Gasteiger charge is 2.33. The number of rotatable bonds is 4. The molecule has 11 heteroatoms. The summed E-state index contributed by atoms with van der Waals surface area (Å²) in [5.41, 5.74) is 2.61. The van der Waals surface area contributed by atoms with Crippen molar-refractivity contribution >= 4 is 57.2 Å². The van der Waals surface area contributed by atoms with Crippen molar-refractivity contribution in [2.75, 3.05) is 17.7 Å². The monoisotopic (exact) mass is 515 g/mol. The fourth-order valence-electron chi connectivity index (χ4n) is 3.36. The van der Waals surface area contributed by atoms with E-state index in [0.29, 0.717) is 28.0 Å². The first kappa shape index (κ1) is 24.4. The molecular formula is C24H17ClF3N5OS. The number of hydrogen-bond donors (Lipinski definition) is 3. The van der Waals surface area contributed by atoms with Crippen LogP contribution in [0.2, 0.25) is 5.02 Å². The van der Waals surface area contributed by atoms with Gasteiger partial charge in [0.2, 0.25) is 0 Å². The maximum Gasteiger partial charge on any atom is 0.417 e. The predicted molar refractivity (Wildman–Crippen MR) is 135 cm³/mol. The summed E-state index contributed by atoms with van der Waals surface area (Å²) in [6.45, 7) is 0. The number of alkyl halides is 3. The second kappa shape index (κ2) is 9.85. The molecule has 0 fully saturated rings. The lowest BCUT2D eigenvalue weighted by atomic mass is 10.1. The van der Waals surface area contributed by atoms with Gasteiger partial charge in [0.25, 0.3) is 5.91 Å². The van der Waals surface area contributed by atoms with Crippen LogP contribution in [0.1, 0.15) is 15.9 Å². The minimum atomic E-state index is -4.58. The Morgan fingerprint density at radius 2 is 1.69 bits per heavy atom. The molecule has 35 heavy (non-hydrogen) atoms. The number of amides is 1. The molecule has 0 aliphatic carbocycles. The number of carbonyl (C=O) groups is 1. The molecule has 0 radical (unpaired) electrons. The molecule has 2 heterocycles. The molecule has 0 bridgehead atoms. The minimum Gasteiger partial charge on any atom is -0.355 e. The minimum absolute atomic E-state index is 0.102. The zero-order valence-electron chi connectivity index (χ0n) is 18.1. The van der Waals surface area contributed by atoms with Gasteiger partial charge in [0, 0.05) is 30.2 Å². The third kappa shape index (κ3) is 5.50. The summed E-state index contributed by atoms with van der Waals surface area (Å²) in [7, 11) is 1.54. The van der Waals surface area contributed by atoms with Crippen molar-refractivity contribution in [2.45, 2.75) is 6.18 Å². The Morgan fingerprint density at radius 1 is 1.00 bits per heavy atom. The number of nitrogens with one attached hydrogen (secondary N) is 3. The largest absolute Gasteiger partial charge is 0.417 e. The zero-order valence-corrected chi connectivity index (χ0v) is 19.6. The molecule has 0 atom stereocenters. The van der Waals surface area contributed by atoms with E-state index in [2.05, 4.69) is 25.9 Å². The van der Waals surface area contributed by atoms with E-state index in [0.717, 1.165) is 17.7 Å². The zero-order chi connectivity index (χ0) is 25.2. The van der Waals surface area contributed by atoms with Gasteiger partial charge in [0.05, 0.1) is 27.4 Å². The molecule has 0 spiro atoms. The van der Waals surface area contributed by atoms with Crippen molar-refractivity contribution in [3.8, 4) is 11.3 Å². The standard InChI is InChI=1S/C24H17ClF3N5OS/c1-29-22(34)16-12-20(33-19-3-2-10-30-21(16)19)13-4-6-14(7-5-13)31-23(35)32-15-8-9-18(25)17(11-15)24(26,27)28/h2-12H,1H3,(H,29,34)(H2,31,32,35). The van der Waals surface area contributed by atoms with E-state index in [9.17, 15) is 18.0 Å². The first-order valence-electron chi connectivity index (χ1n) is 10.2. The van der Waals surface area contributed by atoms with Crippen molar-refractivity contribution in [1.29, 1.82) is 0 Å². The highest BCUT2D eigenvalue weighted by molar-refractivity contribution is 7.80. The molecule has 3 N–H and O–H groups in total. The lowest BCUT2D eigenvalue weighted by Gasteiger charge is -2.14. The van der Waals surface area contributed by atoms with E-state index < -0.39 is 16.8 Å². The fraction of sp³-hybridized carbons (Fsp3) is 0.0833. The van der Waals surface area contributed by atoms with Gasteiger partial charge < -0.3 is 16.0 Å². The summed E-state index contributed by atoms with van der Waals surface area (Å²) >= 11 is 10.9. The van der Waals surface area contributed by atoms with Gasteiger partial charge in [-0.1, -0.05) is 23.7 Å². The quantitative estimate of drug-likeness (QED) is 0.283. The molecule has 4 rings (SSSR count). The molecule has 0 aliphatic heterocycles. The topological polar surface area (TPSA) is 78.9 Å².